The molecule has 2 rings (SSSR count). The molecular weight excluding hydrogens is 205 g/mol. The Morgan fingerprint density at radius 2 is 2.44 bits per heavy atom. The Morgan fingerprint density at radius 3 is 3.00 bits per heavy atom. The van der Waals surface area contributed by atoms with Crippen LogP contribution in [0.4, 0.5) is 4.39 Å². The lowest BCUT2D eigenvalue weighted by Gasteiger charge is -2.34. The molecule has 1 heterocycles. The molecule has 2 unspecified atom stereocenters. The van der Waals surface area contributed by atoms with Crippen molar-refractivity contribution in [1.82, 2.24) is 9.97 Å². The van der Waals surface area contributed by atoms with Gasteiger partial charge < -0.3 is 10.7 Å². The Labute approximate surface area is 95.6 Å². The molecule has 1 fully saturated rings. The monoisotopic (exact) mass is 225 g/mol. The highest BCUT2D eigenvalue weighted by Gasteiger charge is 2.35. The number of aromatic nitrogens is 2. The van der Waals surface area contributed by atoms with Crippen LogP contribution in [-0.2, 0) is 0 Å². The van der Waals surface area contributed by atoms with Crippen LogP contribution in [-0.4, -0.2) is 15.6 Å². The smallest absolute Gasteiger partial charge is 0.108 e. The van der Waals surface area contributed by atoms with Gasteiger partial charge in [-0.05, 0) is 45.4 Å². The molecule has 1 saturated carbocycles. The number of aryl methyl sites for hydroxylation is 1. The van der Waals surface area contributed by atoms with Crippen LogP contribution < -0.4 is 5.73 Å². The molecule has 3 N–H and O–H groups in total. The SMILES string of the molecule is Cc1ncc(C(N)[C@H]2CCCC(C)(F)C2)[nH]1. The number of H-pyrrole nitrogens is 1. The number of halogens is 1. The molecule has 0 spiro atoms. The first-order valence-electron chi connectivity index (χ1n) is 5.94. The van der Waals surface area contributed by atoms with Crippen LogP contribution in [0.15, 0.2) is 6.20 Å². The lowest BCUT2D eigenvalue weighted by atomic mass is 9.76. The van der Waals surface area contributed by atoms with E-state index in [9.17, 15) is 4.39 Å². The van der Waals surface area contributed by atoms with Crippen LogP contribution in [0.3, 0.4) is 0 Å². The first-order valence-corrected chi connectivity index (χ1v) is 5.94. The molecule has 16 heavy (non-hydrogen) atoms. The van der Waals surface area contributed by atoms with Crippen molar-refractivity contribution in [2.45, 2.75) is 51.2 Å². The Balaban J connectivity index is 2.07. The highest BCUT2D eigenvalue weighted by Crippen LogP contribution is 2.39. The van der Waals surface area contributed by atoms with Crippen LogP contribution in [0.2, 0.25) is 0 Å². The Kier molecular flexibility index (Phi) is 3.02. The van der Waals surface area contributed by atoms with Gasteiger partial charge in [0.15, 0.2) is 0 Å². The summed E-state index contributed by atoms with van der Waals surface area (Å²) in [7, 11) is 0. The number of alkyl halides is 1. The number of hydrogen-bond acceptors (Lipinski definition) is 2. The van der Waals surface area contributed by atoms with Crippen LogP contribution in [0.1, 0.15) is 50.2 Å². The summed E-state index contributed by atoms with van der Waals surface area (Å²) >= 11 is 0. The van der Waals surface area contributed by atoms with E-state index < -0.39 is 5.67 Å². The third kappa shape index (κ3) is 2.43. The third-order valence-electron chi connectivity index (χ3n) is 3.55. The van der Waals surface area contributed by atoms with E-state index in [-0.39, 0.29) is 12.0 Å². The van der Waals surface area contributed by atoms with E-state index in [2.05, 4.69) is 9.97 Å². The second-order valence-electron chi connectivity index (χ2n) is 5.22. The van der Waals surface area contributed by atoms with Crippen LogP contribution in [0, 0.1) is 12.8 Å². The summed E-state index contributed by atoms with van der Waals surface area (Å²) in [4.78, 5) is 7.28. The fraction of sp³-hybridized carbons (Fsp3) is 0.750. The Bertz CT molecular complexity index is 359. The van der Waals surface area contributed by atoms with Crippen molar-refractivity contribution in [2.75, 3.05) is 0 Å². The number of imidazole rings is 1. The molecule has 4 heteroatoms. The van der Waals surface area contributed by atoms with Crippen molar-refractivity contribution >= 4 is 0 Å². The van der Waals surface area contributed by atoms with Gasteiger partial charge in [0.1, 0.15) is 11.5 Å². The second-order valence-corrected chi connectivity index (χ2v) is 5.22. The molecule has 3 atom stereocenters. The first kappa shape index (κ1) is 11.6. The van der Waals surface area contributed by atoms with Crippen LogP contribution in [0.25, 0.3) is 0 Å². The predicted octanol–water partition coefficient (Wildman–Crippen LogP) is 2.64. The molecule has 0 aromatic carbocycles. The second kappa shape index (κ2) is 4.17. The molecule has 0 amide bonds. The van der Waals surface area contributed by atoms with E-state index >= 15 is 0 Å². The van der Waals surface area contributed by atoms with Crippen molar-refractivity contribution in [3.05, 3.63) is 17.7 Å². The van der Waals surface area contributed by atoms with Crippen LogP contribution in [0.5, 0.6) is 0 Å². The molecule has 0 saturated heterocycles. The van der Waals surface area contributed by atoms with Gasteiger partial charge >= 0.3 is 0 Å². The van der Waals surface area contributed by atoms with E-state index in [4.69, 9.17) is 5.73 Å². The van der Waals surface area contributed by atoms with Gasteiger partial charge in [0.25, 0.3) is 0 Å². The first-order chi connectivity index (χ1) is 7.48. The van der Waals surface area contributed by atoms with Gasteiger partial charge in [-0.1, -0.05) is 0 Å². The largest absolute Gasteiger partial charge is 0.345 e. The lowest BCUT2D eigenvalue weighted by molar-refractivity contribution is 0.0838. The highest BCUT2D eigenvalue weighted by atomic mass is 19.1. The summed E-state index contributed by atoms with van der Waals surface area (Å²) < 4.78 is 13.9. The molecule has 1 aliphatic rings. The number of aromatic amines is 1. The third-order valence-corrected chi connectivity index (χ3v) is 3.55. The van der Waals surface area contributed by atoms with Gasteiger partial charge in [-0.3, -0.25) is 0 Å². The van der Waals surface area contributed by atoms with Crippen LogP contribution >= 0.6 is 0 Å². The molecule has 0 aliphatic heterocycles. The van der Waals surface area contributed by atoms with Crippen molar-refractivity contribution in [2.24, 2.45) is 11.7 Å². The molecule has 90 valence electrons. The summed E-state index contributed by atoms with van der Waals surface area (Å²) in [5.41, 5.74) is 6.05. The minimum absolute atomic E-state index is 0.114. The zero-order valence-electron chi connectivity index (χ0n) is 9.96. The summed E-state index contributed by atoms with van der Waals surface area (Å²) in [5.74, 6) is 1.09. The summed E-state index contributed by atoms with van der Waals surface area (Å²) in [6.45, 7) is 3.58. The quantitative estimate of drug-likeness (QED) is 0.813. The zero-order valence-corrected chi connectivity index (χ0v) is 9.96. The minimum Gasteiger partial charge on any atom is -0.345 e. The van der Waals surface area contributed by atoms with E-state index in [1.54, 1.807) is 13.1 Å². The number of hydrogen-bond donors (Lipinski definition) is 2. The molecule has 1 aromatic heterocycles. The van der Waals surface area contributed by atoms with Gasteiger partial charge in [-0.25, -0.2) is 9.37 Å². The molecule has 0 radical (unpaired) electrons. The lowest BCUT2D eigenvalue weighted by Crippen LogP contribution is -2.33. The maximum absolute atomic E-state index is 13.9. The molecular formula is C12H20FN3. The predicted molar refractivity (Wildman–Crippen MR) is 61.7 cm³/mol. The van der Waals surface area contributed by atoms with Gasteiger partial charge in [0, 0.05) is 12.2 Å². The standard InChI is InChI=1S/C12H20FN3/c1-8-15-7-10(16-8)11(14)9-4-3-5-12(2,13)6-9/h7,9,11H,3-6,14H2,1-2H3,(H,15,16)/t9-,11?,12?/m0/s1. The maximum Gasteiger partial charge on any atom is 0.108 e. The number of rotatable bonds is 2. The average molecular weight is 225 g/mol. The van der Waals surface area contributed by atoms with E-state index in [0.29, 0.717) is 12.8 Å². The number of nitrogens with zero attached hydrogens (tertiary/aromatic N) is 1. The summed E-state index contributed by atoms with van der Waals surface area (Å²) in [5, 5.41) is 0. The van der Waals surface area contributed by atoms with E-state index in [0.717, 1.165) is 24.4 Å². The van der Waals surface area contributed by atoms with Gasteiger partial charge in [0.05, 0.1) is 5.69 Å². The fourth-order valence-electron chi connectivity index (χ4n) is 2.65. The normalized spacial score (nSPS) is 32.6. The van der Waals surface area contributed by atoms with Crippen molar-refractivity contribution in [3.63, 3.8) is 0 Å². The van der Waals surface area contributed by atoms with Gasteiger partial charge in [-0.15, -0.1) is 0 Å². The zero-order chi connectivity index (χ0) is 11.8. The Hall–Kier alpha value is -0.900. The Morgan fingerprint density at radius 1 is 1.69 bits per heavy atom. The van der Waals surface area contributed by atoms with Gasteiger partial charge in [-0.2, -0.15) is 0 Å². The molecule has 0 bridgehead atoms. The molecule has 3 nitrogen and oxygen atoms in total. The number of nitrogens with two attached hydrogens (primary N) is 1. The van der Waals surface area contributed by atoms with Crippen molar-refractivity contribution in [1.29, 1.82) is 0 Å². The highest BCUT2D eigenvalue weighted by molar-refractivity contribution is 5.08. The number of nitrogens with one attached hydrogen (secondary N) is 1. The molecule has 1 aliphatic carbocycles. The van der Waals surface area contributed by atoms with Crippen molar-refractivity contribution < 1.29 is 4.39 Å². The van der Waals surface area contributed by atoms with E-state index in [1.165, 1.54) is 0 Å². The minimum atomic E-state index is -1.05. The van der Waals surface area contributed by atoms with E-state index in [1.807, 2.05) is 6.92 Å². The van der Waals surface area contributed by atoms with Crippen molar-refractivity contribution in [3.8, 4) is 0 Å². The summed E-state index contributed by atoms with van der Waals surface area (Å²) in [6, 6.07) is -0.114. The average Bonchev–Trinajstić information content (AvgIpc) is 2.62. The maximum atomic E-state index is 13.9. The topological polar surface area (TPSA) is 54.7 Å². The summed E-state index contributed by atoms with van der Waals surface area (Å²) in [6.07, 6.45) is 4.94. The molecule has 1 aromatic rings. The fourth-order valence-corrected chi connectivity index (χ4v) is 2.65. The van der Waals surface area contributed by atoms with Gasteiger partial charge in [0.2, 0.25) is 0 Å².